The number of rotatable bonds is 5. The van der Waals surface area contributed by atoms with Crippen molar-refractivity contribution < 1.29 is 0 Å². The van der Waals surface area contributed by atoms with Crippen LogP contribution in [0.5, 0.6) is 0 Å². The molecule has 0 N–H and O–H groups in total. The van der Waals surface area contributed by atoms with Crippen LogP contribution in [0.1, 0.15) is 0 Å². The van der Waals surface area contributed by atoms with Crippen molar-refractivity contribution in [1.29, 1.82) is 0 Å². The number of benzene rings is 8. The molecule has 0 aliphatic rings. The Morgan fingerprint density at radius 3 is 1.57 bits per heavy atom. The van der Waals surface area contributed by atoms with E-state index in [0.29, 0.717) is 5.82 Å². The predicted molar refractivity (Wildman–Crippen MR) is 225 cm³/mol. The molecule has 3 heterocycles. The molecule has 54 heavy (non-hydrogen) atoms. The zero-order valence-corrected chi connectivity index (χ0v) is 29.3. The Morgan fingerprint density at radius 2 is 0.870 bits per heavy atom. The maximum Gasteiger partial charge on any atom is 0.162 e. The van der Waals surface area contributed by atoms with Crippen molar-refractivity contribution in [3.63, 3.8) is 0 Å². The van der Waals surface area contributed by atoms with E-state index >= 15 is 0 Å². The van der Waals surface area contributed by atoms with Crippen LogP contribution < -0.4 is 0 Å². The summed E-state index contributed by atoms with van der Waals surface area (Å²) in [5.41, 5.74) is 11.0. The van der Waals surface area contributed by atoms with Gasteiger partial charge in [-0.25, -0.2) is 9.97 Å². The van der Waals surface area contributed by atoms with Crippen molar-refractivity contribution in [1.82, 2.24) is 19.1 Å². The first-order chi connectivity index (χ1) is 26.8. The van der Waals surface area contributed by atoms with Gasteiger partial charge in [0.05, 0.1) is 27.8 Å². The van der Waals surface area contributed by atoms with Crippen LogP contribution in [0.3, 0.4) is 0 Å². The number of aromatic nitrogens is 4. The molecule has 0 aliphatic heterocycles. The first-order valence-electron chi connectivity index (χ1n) is 18.3. The summed E-state index contributed by atoms with van der Waals surface area (Å²) in [5, 5.41) is 7.21. The molecular formula is C50H32N4. The van der Waals surface area contributed by atoms with Gasteiger partial charge in [0.2, 0.25) is 0 Å². The molecule has 0 aliphatic carbocycles. The molecule has 0 bridgehead atoms. The summed E-state index contributed by atoms with van der Waals surface area (Å²) in [6, 6.07) is 69.0. The molecule has 0 saturated carbocycles. The van der Waals surface area contributed by atoms with Crippen LogP contribution in [0.2, 0.25) is 0 Å². The van der Waals surface area contributed by atoms with Crippen LogP contribution in [0, 0.1) is 0 Å². The van der Waals surface area contributed by atoms with Crippen LogP contribution in [-0.2, 0) is 0 Å². The molecule has 11 rings (SSSR count). The molecular weight excluding hydrogens is 657 g/mol. The summed E-state index contributed by atoms with van der Waals surface area (Å²) in [6.07, 6.45) is 0. The van der Waals surface area contributed by atoms with Crippen molar-refractivity contribution in [2.45, 2.75) is 0 Å². The van der Waals surface area contributed by atoms with Crippen molar-refractivity contribution in [2.24, 2.45) is 0 Å². The maximum atomic E-state index is 5.35. The number of hydrogen-bond donors (Lipinski definition) is 0. The van der Waals surface area contributed by atoms with Crippen LogP contribution in [-0.4, -0.2) is 19.1 Å². The minimum Gasteiger partial charge on any atom is -0.309 e. The Bertz CT molecular complexity index is 3190. The fourth-order valence-electron chi connectivity index (χ4n) is 8.24. The topological polar surface area (TPSA) is 35.6 Å². The number of fused-ring (bicyclic) bond motifs is 8. The third kappa shape index (κ3) is 4.78. The molecule has 3 aromatic heterocycles. The van der Waals surface area contributed by atoms with Gasteiger partial charge in [-0.2, -0.15) is 0 Å². The Hall–Kier alpha value is -7.30. The third-order valence-electron chi connectivity index (χ3n) is 10.7. The van der Waals surface area contributed by atoms with Crippen LogP contribution in [0.4, 0.5) is 0 Å². The van der Waals surface area contributed by atoms with Gasteiger partial charge in [-0.15, -0.1) is 0 Å². The SMILES string of the molecule is c1ccc(-c2ccc(-n3c4ccccc4c4c5c6ccccc6n(-c6cc(-c7ccccc7)nc(-c7ccc8ccccc8c7)n6)c5ccc43)cc2)cc1. The highest BCUT2D eigenvalue weighted by atomic mass is 15.1. The lowest BCUT2D eigenvalue weighted by Gasteiger charge is -2.13. The van der Waals surface area contributed by atoms with Gasteiger partial charge in [-0.3, -0.25) is 4.57 Å². The fourth-order valence-corrected chi connectivity index (χ4v) is 8.24. The Labute approximate surface area is 311 Å². The lowest BCUT2D eigenvalue weighted by molar-refractivity contribution is 1.05. The summed E-state index contributed by atoms with van der Waals surface area (Å²) in [7, 11) is 0. The molecule has 0 spiro atoms. The Kier molecular flexibility index (Phi) is 6.82. The average Bonchev–Trinajstić information content (AvgIpc) is 3.77. The van der Waals surface area contributed by atoms with E-state index in [-0.39, 0.29) is 0 Å². The molecule has 0 radical (unpaired) electrons. The van der Waals surface area contributed by atoms with Crippen molar-refractivity contribution in [3.8, 4) is 45.3 Å². The van der Waals surface area contributed by atoms with E-state index in [0.717, 1.165) is 44.7 Å². The maximum absolute atomic E-state index is 5.35. The summed E-state index contributed by atoms with van der Waals surface area (Å²) >= 11 is 0. The summed E-state index contributed by atoms with van der Waals surface area (Å²) in [5.74, 6) is 1.53. The van der Waals surface area contributed by atoms with E-state index in [9.17, 15) is 0 Å². The summed E-state index contributed by atoms with van der Waals surface area (Å²) in [6.45, 7) is 0. The molecule has 4 heteroatoms. The zero-order chi connectivity index (χ0) is 35.6. The van der Waals surface area contributed by atoms with E-state index in [1.165, 1.54) is 49.1 Å². The third-order valence-corrected chi connectivity index (χ3v) is 10.7. The first-order valence-corrected chi connectivity index (χ1v) is 18.3. The van der Waals surface area contributed by atoms with Crippen LogP contribution in [0.25, 0.3) is 99.7 Å². The molecule has 0 saturated heterocycles. The molecule has 0 unspecified atom stereocenters. The Balaban J connectivity index is 1.18. The monoisotopic (exact) mass is 688 g/mol. The first kappa shape index (κ1) is 30.3. The number of nitrogens with zero attached hydrogens (tertiary/aromatic N) is 4. The van der Waals surface area contributed by atoms with E-state index in [2.05, 4.69) is 197 Å². The lowest BCUT2D eigenvalue weighted by Crippen LogP contribution is -2.02. The van der Waals surface area contributed by atoms with E-state index in [1.807, 2.05) is 6.07 Å². The second-order valence-electron chi connectivity index (χ2n) is 13.8. The van der Waals surface area contributed by atoms with Gasteiger partial charge in [0.15, 0.2) is 5.82 Å². The van der Waals surface area contributed by atoms with Crippen LogP contribution >= 0.6 is 0 Å². The smallest absolute Gasteiger partial charge is 0.162 e. The van der Waals surface area contributed by atoms with Gasteiger partial charge < -0.3 is 4.57 Å². The van der Waals surface area contributed by atoms with Gasteiger partial charge in [0.25, 0.3) is 0 Å². The molecule has 0 fully saturated rings. The highest BCUT2D eigenvalue weighted by Crippen LogP contribution is 2.42. The van der Waals surface area contributed by atoms with Crippen molar-refractivity contribution >= 4 is 54.4 Å². The standard InChI is InChI=1S/C50H32N4/c1-3-13-33(14-4-1)35-25-27-39(28-26-35)53-43-21-11-9-19-40(43)48-45(53)29-30-46-49(48)41-20-10-12-22-44(41)54(46)47-32-42(36-16-5-2-6-17-36)51-50(52-47)38-24-23-34-15-7-8-18-37(34)31-38/h1-32H. The van der Waals surface area contributed by atoms with E-state index in [4.69, 9.17) is 9.97 Å². The van der Waals surface area contributed by atoms with Gasteiger partial charge in [0.1, 0.15) is 5.82 Å². The van der Waals surface area contributed by atoms with E-state index in [1.54, 1.807) is 0 Å². The van der Waals surface area contributed by atoms with Gasteiger partial charge in [-0.1, -0.05) is 146 Å². The minimum atomic E-state index is 0.694. The van der Waals surface area contributed by atoms with Crippen molar-refractivity contribution in [3.05, 3.63) is 194 Å². The second kappa shape index (κ2) is 12.1. The average molecular weight is 689 g/mol. The number of para-hydroxylation sites is 2. The fraction of sp³-hybridized carbons (Fsp3) is 0. The molecule has 8 aromatic carbocycles. The van der Waals surface area contributed by atoms with Gasteiger partial charge >= 0.3 is 0 Å². The highest BCUT2D eigenvalue weighted by molar-refractivity contribution is 6.28. The van der Waals surface area contributed by atoms with Gasteiger partial charge in [-0.05, 0) is 64.4 Å². The quantitative estimate of drug-likeness (QED) is 0.180. The minimum absolute atomic E-state index is 0.694. The zero-order valence-electron chi connectivity index (χ0n) is 29.3. The van der Waals surface area contributed by atoms with Gasteiger partial charge in [0, 0.05) is 44.4 Å². The van der Waals surface area contributed by atoms with Crippen LogP contribution in [0.15, 0.2) is 194 Å². The summed E-state index contributed by atoms with van der Waals surface area (Å²) in [4.78, 5) is 10.5. The molecule has 0 amide bonds. The summed E-state index contributed by atoms with van der Waals surface area (Å²) < 4.78 is 4.73. The second-order valence-corrected chi connectivity index (χ2v) is 13.8. The predicted octanol–water partition coefficient (Wildman–Crippen LogP) is 12.8. The Morgan fingerprint density at radius 1 is 0.333 bits per heavy atom. The highest BCUT2D eigenvalue weighted by Gasteiger charge is 2.22. The normalized spacial score (nSPS) is 11.7. The lowest BCUT2D eigenvalue weighted by atomic mass is 10.1. The number of hydrogen-bond acceptors (Lipinski definition) is 2. The van der Waals surface area contributed by atoms with Crippen molar-refractivity contribution in [2.75, 3.05) is 0 Å². The van der Waals surface area contributed by atoms with E-state index < -0.39 is 0 Å². The molecule has 11 aromatic rings. The molecule has 252 valence electrons. The largest absolute Gasteiger partial charge is 0.309 e. The molecule has 0 atom stereocenters. The molecule has 4 nitrogen and oxygen atoms in total.